The molecule has 1 unspecified atom stereocenters. The molecule has 0 bridgehead atoms. The minimum absolute atomic E-state index is 0.310. The zero-order chi connectivity index (χ0) is 15.1. The molecule has 0 saturated heterocycles. The third kappa shape index (κ3) is 2.25. The molecule has 4 nitrogen and oxygen atoms in total. The van der Waals surface area contributed by atoms with Gasteiger partial charge in [0.25, 0.3) is 0 Å². The normalized spacial score (nSPS) is 12.8. The number of hydrogen-bond acceptors (Lipinski definition) is 3. The van der Waals surface area contributed by atoms with E-state index >= 15 is 0 Å². The van der Waals surface area contributed by atoms with E-state index in [9.17, 15) is 14.3 Å². The lowest BCUT2D eigenvalue weighted by Crippen LogP contribution is -2.08. The third-order valence-electron chi connectivity index (χ3n) is 3.63. The SMILES string of the molecule is Cc1cc(C(O)c2ccc3c(c2)oc(=O)n3C)ccc1F. The molecular formula is C16H14FNO3. The van der Waals surface area contributed by atoms with Crippen molar-refractivity contribution in [3.05, 3.63) is 69.5 Å². The van der Waals surface area contributed by atoms with Gasteiger partial charge in [-0.25, -0.2) is 9.18 Å². The number of hydrogen-bond donors (Lipinski definition) is 1. The van der Waals surface area contributed by atoms with Crippen molar-refractivity contribution in [3.8, 4) is 0 Å². The molecule has 0 radical (unpaired) electrons. The Balaban J connectivity index is 2.06. The standard InChI is InChI=1S/C16H14FNO3/c1-9-7-10(3-5-12(9)17)15(19)11-4-6-13-14(8-11)21-16(20)18(13)2/h3-8,15,19H,1-2H3. The van der Waals surface area contributed by atoms with Crippen LogP contribution >= 0.6 is 0 Å². The fourth-order valence-electron chi connectivity index (χ4n) is 2.35. The summed E-state index contributed by atoms with van der Waals surface area (Å²) in [6.07, 6.45) is -0.904. The van der Waals surface area contributed by atoms with E-state index in [0.29, 0.717) is 27.8 Å². The highest BCUT2D eigenvalue weighted by atomic mass is 19.1. The van der Waals surface area contributed by atoms with E-state index in [2.05, 4.69) is 0 Å². The first kappa shape index (κ1) is 13.6. The van der Waals surface area contributed by atoms with Crippen LogP contribution in [0.2, 0.25) is 0 Å². The number of halogens is 1. The number of aliphatic hydroxyl groups excluding tert-OH is 1. The first-order chi connectivity index (χ1) is 9.97. The summed E-state index contributed by atoms with van der Waals surface area (Å²) in [5.41, 5.74) is 2.72. The lowest BCUT2D eigenvalue weighted by Gasteiger charge is -2.12. The maximum Gasteiger partial charge on any atom is 0.419 e. The molecule has 21 heavy (non-hydrogen) atoms. The largest absolute Gasteiger partial charge is 0.419 e. The van der Waals surface area contributed by atoms with Crippen molar-refractivity contribution < 1.29 is 13.9 Å². The molecule has 0 amide bonds. The van der Waals surface area contributed by atoms with Crippen LogP contribution in [0, 0.1) is 12.7 Å². The quantitative estimate of drug-likeness (QED) is 0.788. The molecule has 5 heteroatoms. The monoisotopic (exact) mass is 287 g/mol. The fourth-order valence-corrected chi connectivity index (χ4v) is 2.35. The summed E-state index contributed by atoms with van der Waals surface area (Å²) in [5.74, 6) is -0.760. The lowest BCUT2D eigenvalue weighted by atomic mass is 9.99. The second-order valence-corrected chi connectivity index (χ2v) is 5.07. The van der Waals surface area contributed by atoms with Gasteiger partial charge in [-0.3, -0.25) is 4.57 Å². The smallest absolute Gasteiger partial charge is 0.408 e. The molecule has 3 rings (SSSR count). The van der Waals surface area contributed by atoms with Crippen molar-refractivity contribution in [1.82, 2.24) is 4.57 Å². The van der Waals surface area contributed by atoms with Gasteiger partial charge in [0.2, 0.25) is 0 Å². The summed E-state index contributed by atoms with van der Waals surface area (Å²) in [5, 5.41) is 10.4. The number of aryl methyl sites for hydroxylation is 2. The number of oxazole rings is 1. The maximum absolute atomic E-state index is 13.3. The third-order valence-corrected chi connectivity index (χ3v) is 3.63. The Labute approximate surface area is 120 Å². The highest BCUT2D eigenvalue weighted by Crippen LogP contribution is 2.26. The Morgan fingerprint density at radius 2 is 1.86 bits per heavy atom. The highest BCUT2D eigenvalue weighted by molar-refractivity contribution is 5.74. The van der Waals surface area contributed by atoms with E-state index in [4.69, 9.17) is 4.42 Å². The van der Waals surface area contributed by atoms with Gasteiger partial charge in [-0.2, -0.15) is 0 Å². The predicted molar refractivity (Wildman–Crippen MR) is 76.7 cm³/mol. The second kappa shape index (κ2) is 4.86. The van der Waals surface area contributed by atoms with Crippen LogP contribution in [0.15, 0.2) is 45.6 Å². The first-order valence-electron chi connectivity index (χ1n) is 6.51. The van der Waals surface area contributed by atoms with E-state index in [1.165, 1.54) is 10.6 Å². The van der Waals surface area contributed by atoms with Gasteiger partial charge in [0.15, 0.2) is 5.58 Å². The summed E-state index contributed by atoms with van der Waals surface area (Å²) in [7, 11) is 1.62. The van der Waals surface area contributed by atoms with Crippen LogP contribution in [0.5, 0.6) is 0 Å². The Bertz CT molecular complexity index is 879. The van der Waals surface area contributed by atoms with Gasteiger partial charge in [0.05, 0.1) is 5.52 Å². The molecule has 1 aromatic heterocycles. The lowest BCUT2D eigenvalue weighted by molar-refractivity contribution is 0.220. The number of aliphatic hydroxyl groups is 1. The van der Waals surface area contributed by atoms with Crippen LogP contribution in [-0.2, 0) is 7.05 Å². The van der Waals surface area contributed by atoms with Crippen molar-refractivity contribution in [3.63, 3.8) is 0 Å². The average Bonchev–Trinajstić information content (AvgIpc) is 2.76. The van der Waals surface area contributed by atoms with Gasteiger partial charge in [-0.1, -0.05) is 18.2 Å². The van der Waals surface area contributed by atoms with Gasteiger partial charge in [-0.05, 0) is 41.8 Å². The summed E-state index contributed by atoms with van der Waals surface area (Å²) in [4.78, 5) is 11.5. The highest BCUT2D eigenvalue weighted by Gasteiger charge is 2.14. The van der Waals surface area contributed by atoms with Crippen LogP contribution < -0.4 is 5.76 Å². The van der Waals surface area contributed by atoms with Crippen molar-refractivity contribution in [2.24, 2.45) is 7.05 Å². The van der Waals surface area contributed by atoms with Gasteiger partial charge >= 0.3 is 5.76 Å². The van der Waals surface area contributed by atoms with Crippen molar-refractivity contribution in [2.45, 2.75) is 13.0 Å². The molecule has 0 fully saturated rings. The van der Waals surface area contributed by atoms with E-state index in [1.54, 1.807) is 44.3 Å². The van der Waals surface area contributed by atoms with Crippen molar-refractivity contribution in [2.75, 3.05) is 0 Å². The topological polar surface area (TPSA) is 55.4 Å². The van der Waals surface area contributed by atoms with Crippen LogP contribution in [0.3, 0.4) is 0 Å². The predicted octanol–water partition coefficient (Wildman–Crippen LogP) is 2.66. The van der Waals surface area contributed by atoms with Crippen LogP contribution in [-0.4, -0.2) is 9.67 Å². The second-order valence-electron chi connectivity index (χ2n) is 5.07. The van der Waals surface area contributed by atoms with Crippen molar-refractivity contribution in [1.29, 1.82) is 0 Å². The summed E-state index contributed by atoms with van der Waals surface area (Å²) in [6, 6.07) is 9.54. The summed E-state index contributed by atoms with van der Waals surface area (Å²) >= 11 is 0. The van der Waals surface area contributed by atoms with Crippen LogP contribution in [0.25, 0.3) is 11.1 Å². The van der Waals surface area contributed by atoms with E-state index in [0.717, 1.165) is 0 Å². The number of rotatable bonds is 2. The molecule has 0 aliphatic rings. The molecule has 0 aliphatic carbocycles. The molecule has 0 saturated carbocycles. The number of nitrogens with zero attached hydrogens (tertiary/aromatic N) is 1. The van der Waals surface area contributed by atoms with Gasteiger partial charge in [0.1, 0.15) is 11.9 Å². The fraction of sp³-hybridized carbons (Fsp3) is 0.188. The molecule has 1 heterocycles. The Morgan fingerprint density at radius 3 is 2.57 bits per heavy atom. The molecule has 1 atom stereocenters. The van der Waals surface area contributed by atoms with E-state index in [1.807, 2.05) is 0 Å². The first-order valence-corrected chi connectivity index (χ1v) is 6.51. The van der Waals surface area contributed by atoms with Gasteiger partial charge in [-0.15, -0.1) is 0 Å². The molecule has 2 aromatic carbocycles. The van der Waals surface area contributed by atoms with E-state index in [-0.39, 0.29) is 5.82 Å². The maximum atomic E-state index is 13.3. The molecular weight excluding hydrogens is 273 g/mol. The summed E-state index contributed by atoms with van der Waals surface area (Å²) in [6.45, 7) is 1.64. The van der Waals surface area contributed by atoms with Gasteiger partial charge in [0, 0.05) is 7.05 Å². The number of fused-ring (bicyclic) bond motifs is 1. The summed E-state index contributed by atoms with van der Waals surface area (Å²) < 4.78 is 19.8. The van der Waals surface area contributed by atoms with Crippen LogP contribution in [0.4, 0.5) is 4.39 Å². The molecule has 0 spiro atoms. The van der Waals surface area contributed by atoms with Crippen LogP contribution in [0.1, 0.15) is 22.8 Å². The molecule has 1 N–H and O–H groups in total. The average molecular weight is 287 g/mol. The Hall–Kier alpha value is -2.40. The van der Waals surface area contributed by atoms with Crippen molar-refractivity contribution >= 4 is 11.1 Å². The number of benzene rings is 2. The number of aromatic nitrogens is 1. The van der Waals surface area contributed by atoms with E-state index < -0.39 is 11.9 Å². The molecule has 108 valence electrons. The molecule has 3 aromatic rings. The minimum Gasteiger partial charge on any atom is -0.408 e. The zero-order valence-corrected chi connectivity index (χ0v) is 11.6. The Kier molecular flexibility index (Phi) is 3.14. The Morgan fingerprint density at radius 1 is 1.19 bits per heavy atom. The zero-order valence-electron chi connectivity index (χ0n) is 11.6. The molecule has 0 aliphatic heterocycles. The minimum atomic E-state index is -0.904. The van der Waals surface area contributed by atoms with Gasteiger partial charge < -0.3 is 9.52 Å².